The lowest BCUT2D eigenvalue weighted by Gasteiger charge is -2.22. The molecule has 1 aliphatic rings. The van der Waals surface area contributed by atoms with E-state index in [4.69, 9.17) is 11.6 Å². The number of amides is 2. The van der Waals surface area contributed by atoms with Crippen LogP contribution in [0.4, 0.5) is 10.5 Å². The van der Waals surface area contributed by atoms with Crippen LogP contribution in [0.1, 0.15) is 31.2 Å². The highest BCUT2D eigenvalue weighted by atomic mass is 35.5. The summed E-state index contributed by atoms with van der Waals surface area (Å²) in [5.74, 6) is 0. The van der Waals surface area contributed by atoms with Crippen LogP contribution in [0.3, 0.4) is 0 Å². The van der Waals surface area contributed by atoms with Crippen LogP contribution in [-0.2, 0) is 0 Å². The van der Waals surface area contributed by atoms with Gasteiger partial charge in [0.1, 0.15) is 0 Å². The van der Waals surface area contributed by atoms with Gasteiger partial charge in [-0.1, -0.05) is 11.6 Å². The fourth-order valence-corrected chi connectivity index (χ4v) is 3.20. The van der Waals surface area contributed by atoms with Crippen molar-refractivity contribution in [2.24, 2.45) is 0 Å². The van der Waals surface area contributed by atoms with Gasteiger partial charge in [-0.05, 0) is 69.5 Å². The van der Waals surface area contributed by atoms with Gasteiger partial charge in [0, 0.05) is 23.3 Å². The van der Waals surface area contributed by atoms with Crippen LogP contribution in [-0.4, -0.2) is 48.3 Å². The average molecular weight is 340 g/mol. The van der Waals surface area contributed by atoms with Crippen molar-refractivity contribution in [3.05, 3.63) is 28.8 Å². The molecular weight excluding hydrogens is 314 g/mol. The Kier molecular flexibility index (Phi) is 7.15. The lowest BCUT2D eigenvalue weighted by molar-refractivity contribution is 0.157. The van der Waals surface area contributed by atoms with Gasteiger partial charge in [-0.2, -0.15) is 0 Å². The summed E-state index contributed by atoms with van der Waals surface area (Å²) in [5.41, 5.74) is 1.71. The number of anilines is 1. The maximum Gasteiger partial charge on any atom is 0.319 e. The number of likely N-dealkylation sites (tertiary alicyclic amines) is 1. The molecular formula is C17H26ClN3O2. The Morgan fingerprint density at radius 2 is 2.26 bits per heavy atom. The summed E-state index contributed by atoms with van der Waals surface area (Å²) in [6, 6.07) is 5.53. The highest BCUT2D eigenvalue weighted by molar-refractivity contribution is 6.30. The number of unbranched alkanes of at least 4 members (excludes halogenated alkanes) is 1. The second-order valence-electron chi connectivity index (χ2n) is 6.06. The number of carbonyl (C=O) groups excluding carboxylic acids is 1. The fourth-order valence-electron chi connectivity index (χ4n) is 2.97. The Bertz CT molecular complexity index is 525. The fraction of sp³-hybridized carbons (Fsp3) is 0.588. The maximum absolute atomic E-state index is 11.9. The molecule has 5 nitrogen and oxygen atoms in total. The van der Waals surface area contributed by atoms with Crippen molar-refractivity contribution in [2.75, 3.05) is 31.6 Å². The normalized spacial score (nSPS) is 18.1. The minimum absolute atomic E-state index is 0.190. The van der Waals surface area contributed by atoms with E-state index in [-0.39, 0.29) is 12.6 Å². The van der Waals surface area contributed by atoms with Crippen molar-refractivity contribution in [3.8, 4) is 0 Å². The van der Waals surface area contributed by atoms with Crippen molar-refractivity contribution in [2.45, 2.75) is 38.6 Å². The standard InChI is InChI=1S/C17H26ClN3O2/c1-13-11-14(18)6-7-16(13)20-17(23)19-8-2-3-9-21-10-4-5-15(21)12-22/h6-7,11,15,22H,2-5,8-10,12H2,1H3,(H2,19,20,23)/t15-/m0/s1. The molecule has 3 N–H and O–H groups in total. The monoisotopic (exact) mass is 339 g/mol. The van der Waals surface area contributed by atoms with Gasteiger partial charge >= 0.3 is 6.03 Å². The molecule has 0 aliphatic carbocycles. The predicted molar refractivity (Wildman–Crippen MR) is 94.1 cm³/mol. The number of halogens is 1. The van der Waals surface area contributed by atoms with Crippen LogP contribution in [0.15, 0.2) is 18.2 Å². The molecule has 1 heterocycles. The number of benzene rings is 1. The third-order valence-electron chi connectivity index (χ3n) is 4.30. The smallest absolute Gasteiger partial charge is 0.319 e. The molecule has 1 saturated heterocycles. The number of rotatable bonds is 7. The summed E-state index contributed by atoms with van der Waals surface area (Å²) in [7, 11) is 0. The number of urea groups is 1. The molecule has 0 spiro atoms. The molecule has 1 aromatic carbocycles. The number of nitrogens with one attached hydrogen (secondary N) is 2. The molecule has 0 aromatic heterocycles. The Morgan fingerprint density at radius 3 is 3.00 bits per heavy atom. The average Bonchev–Trinajstić information content (AvgIpc) is 2.97. The van der Waals surface area contributed by atoms with E-state index in [1.54, 1.807) is 12.1 Å². The predicted octanol–water partition coefficient (Wildman–Crippen LogP) is 3.01. The van der Waals surface area contributed by atoms with Crippen molar-refractivity contribution >= 4 is 23.3 Å². The maximum atomic E-state index is 11.9. The molecule has 0 radical (unpaired) electrons. The van der Waals surface area contributed by atoms with Gasteiger partial charge in [-0.15, -0.1) is 0 Å². The summed E-state index contributed by atoms with van der Waals surface area (Å²) in [6.45, 7) is 4.88. The Balaban J connectivity index is 1.61. The van der Waals surface area contributed by atoms with E-state index in [1.165, 1.54) is 6.42 Å². The quantitative estimate of drug-likeness (QED) is 0.669. The Hall–Kier alpha value is -1.30. The molecule has 6 heteroatoms. The third-order valence-corrected chi connectivity index (χ3v) is 4.54. The zero-order valence-corrected chi connectivity index (χ0v) is 14.4. The van der Waals surface area contributed by atoms with E-state index in [9.17, 15) is 9.90 Å². The van der Waals surface area contributed by atoms with E-state index in [2.05, 4.69) is 15.5 Å². The number of carbonyl (C=O) groups is 1. The van der Waals surface area contributed by atoms with Gasteiger partial charge in [-0.3, -0.25) is 4.90 Å². The molecule has 1 aliphatic heterocycles. The molecule has 23 heavy (non-hydrogen) atoms. The largest absolute Gasteiger partial charge is 0.395 e. The molecule has 1 atom stereocenters. The first-order chi connectivity index (χ1) is 11.1. The number of hydrogen-bond donors (Lipinski definition) is 3. The van der Waals surface area contributed by atoms with Gasteiger partial charge in [0.25, 0.3) is 0 Å². The van der Waals surface area contributed by atoms with Gasteiger partial charge in [0.05, 0.1) is 6.61 Å². The Labute approximate surface area is 143 Å². The molecule has 128 valence electrons. The van der Waals surface area contributed by atoms with Crippen molar-refractivity contribution in [1.29, 1.82) is 0 Å². The van der Waals surface area contributed by atoms with Crippen molar-refractivity contribution in [1.82, 2.24) is 10.2 Å². The summed E-state index contributed by atoms with van der Waals surface area (Å²) < 4.78 is 0. The van der Waals surface area contributed by atoms with Crippen LogP contribution in [0, 0.1) is 6.92 Å². The molecule has 0 unspecified atom stereocenters. The van der Waals surface area contributed by atoms with Gasteiger partial charge < -0.3 is 15.7 Å². The Morgan fingerprint density at radius 1 is 1.43 bits per heavy atom. The van der Waals surface area contributed by atoms with Crippen molar-refractivity contribution in [3.63, 3.8) is 0 Å². The zero-order valence-electron chi connectivity index (χ0n) is 13.6. The van der Waals surface area contributed by atoms with Crippen LogP contribution in [0.25, 0.3) is 0 Å². The summed E-state index contributed by atoms with van der Waals surface area (Å²) in [4.78, 5) is 14.2. The highest BCUT2D eigenvalue weighted by Gasteiger charge is 2.22. The number of hydrogen-bond acceptors (Lipinski definition) is 3. The topological polar surface area (TPSA) is 64.6 Å². The highest BCUT2D eigenvalue weighted by Crippen LogP contribution is 2.19. The lowest BCUT2D eigenvalue weighted by Crippen LogP contribution is -2.34. The summed E-state index contributed by atoms with van der Waals surface area (Å²) in [5, 5.41) is 15.6. The molecule has 0 bridgehead atoms. The molecule has 2 amide bonds. The first-order valence-electron chi connectivity index (χ1n) is 8.26. The minimum atomic E-state index is -0.190. The molecule has 1 aromatic rings. The first kappa shape index (κ1) is 18.0. The SMILES string of the molecule is Cc1cc(Cl)ccc1NC(=O)NCCCCN1CCC[C@H]1CO. The van der Waals surface area contributed by atoms with Crippen LogP contribution < -0.4 is 10.6 Å². The first-order valence-corrected chi connectivity index (χ1v) is 8.64. The second kappa shape index (κ2) is 9.11. The van der Waals surface area contributed by atoms with E-state index >= 15 is 0 Å². The van der Waals surface area contributed by atoms with Crippen molar-refractivity contribution < 1.29 is 9.90 Å². The molecule has 2 rings (SSSR count). The number of aryl methyl sites for hydroxylation is 1. The van der Waals surface area contributed by atoms with Crippen LogP contribution in [0.5, 0.6) is 0 Å². The zero-order chi connectivity index (χ0) is 16.7. The third kappa shape index (κ3) is 5.68. The molecule has 1 fully saturated rings. The number of nitrogens with zero attached hydrogens (tertiary/aromatic N) is 1. The van der Waals surface area contributed by atoms with E-state index < -0.39 is 0 Å². The van der Waals surface area contributed by atoms with Crippen LogP contribution in [0.2, 0.25) is 5.02 Å². The van der Waals surface area contributed by atoms with E-state index in [0.29, 0.717) is 17.6 Å². The summed E-state index contributed by atoms with van der Waals surface area (Å²) >= 11 is 5.90. The number of aliphatic hydroxyl groups excluding tert-OH is 1. The summed E-state index contributed by atoms with van der Waals surface area (Å²) in [6.07, 6.45) is 4.22. The lowest BCUT2D eigenvalue weighted by atomic mass is 10.2. The van der Waals surface area contributed by atoms with Gasteiger partial charge in [0.15, 0.2) is 0 Å². The molecule has 0 saturated carbocycles. The minimum Gasteiger partial charge on any atom is -0.395 e. The van der Waals surface area contributed by atoms with E-state index in [1.807, 2.05) is 13.0 Å². The second-order valence-corrected chi connectivity index (χ2v) is 6.50. The van der Waals surface area contributed by atoms with Crippen LogP contribution >= 0.6 is 11.6 Å². The van der Waals surface area contributed by atoms with E-state index in [0.717, 1.165) is 43.6 Å². The van der Waals surface area contributed by atoms with Gasteiger partial charge in [-0.25, -0.2) is 4.79 Å². The van der Waals surface area contributed by atoms with Gasteiger partial charge in [0.2, 0.25) is 0 Å². The number of aliphatic hydroxyl groups is 1.